The molecule has 0 saturated heterocycles. The van der Waals surface area contributed by atoms with Crippen LogP contribution in [0.1, 0.15) is 27.9 Å². The van der Waals surface area contributed by atoms with Gasteiger partial charge in [0, 0.05) is 16.6 Å². The van der Waals surface area contributed by atoms with Crippen molar-refractivity contribution in [2.75, 3.05) is 0 Å². The van der Waals surface area contributed by atoms with E-state index in [2.05, 4.69) is 4.98 Å². The molecule has 0 aliphatic carbocycles. The molecule has 0 aliphatic rings. The van der Waals surface area contributed by atoms with Gasteiger partial charge in [0.05, 0.1) is 0 Å². The zero-order valence-electron chi connectivity index (χ0n) is 9.07. The highest BCUT2D eigenvalue weighted by Gasteiger charge is 2.17. The molecule has 1 aromatic carbocycles. The highest BCUT2D eigenvalue weighted by Crippen LogP contribution is 2.27. The lowest BCUT2D eigenvalue weighted by Crippen LogP contribution is -2.02. The molecule has 0 aliphatic heterocycles. The molecule has 1 unspecified atom stereocenters. The SMILES string of the molecule is Cc1ccc(F)c(C(O)c2nc(C)cs2)c1. The molecule has 4 heteroatoms. The van der Waals surface area contributed by atoms with Crippen LogP contribution in [0.15, 0.2) is 23.6 Å². The molecule has 2 nitrogen and oxygen atoms in total. The van der Waals surface area contributed by atoms with E-state index in [0.29, 0.717) is 5.01 Å². The standard InChI is InChI=1S/C12H12FNOS/c1-7-3-4-10(13)9(5-7)11(15)12-14-8(2)6-16-12/h3-6,11,15H,1-2H3. The van der Waals surface area contributed by atoms with Gasteiger partial charge in [-0.15, -0.1) is 11.3 Å². The lowest BCUT2D eigenvalue weighted by Gasteiger charge is -2.09. The molecular weight excluding hydrogens is 225 g/mol. The summed E-state index contributed by atoms with van der Waals surface area (Å²) in [5.41, 5.74) is 2.05. The number of benzene rings is 1. The van der Waals surface area contributed by atoms with E-state index < -0.39 is 11.9 Å². The van der Waals surface area contributed by atoms with Crippen molar-refractivity contribution >= 4 is 11.3 Å². The maximum atomic E-state index is 13.5. The largest absolute Gasteiger partial charge is 0.381 e. The summed E-state index contributed by atoms with van der Waals surface area (Å²) in [5.74, 6) is -0.397. The van der Waals surface area contributed by atoms with Crippen LogP contribution in [0.3, 0.4) is 0 Å². The van der Waals surface area contributed by atoms with E-state index in [4.69, 9.17) is 0 Å². The predicted octanol–water partition coefficient (Wildman–Crippen LogP) is 2.98. The van der Waals surface area contributed by atoms with Crippen LogP contribution >= 0.6 is 11.3 Å². The number of halogens is 1. The number of nitrogens with zero attached hydrogens (tertiary/aromatic N) is 1. The lowest BCUT2D eigenvalue weighted by molar-refractivity contribution is 0.214. The fourth-order valence-corrected chi connectivity index (χ4v) is 2.30. The molecular formula is C12H12FNOS. The van der Waals surface area contributed by atoms with Gasteiger partial charge in [-0.1, -0.05) is 17.7 Å². The third-order valence-electron chi connectivity index (χ3n) is 2.32. The van der Waals surface area contributed by atoms with E-state index in [-0.39, 0.29) is 5.56 Å². The summed E-state index contributed by atoms with van der Waals surface area (Å²) in [7, 11) is 0. The number of aliphatic hydroxyl groups is 1. The molecule has 0 amide bonds. The first-order chi connectivity index (χ1) is 7.58. The van der Waals surface area contributed by atoms with Crippen LogP contribution in [0.4, 0.5) is 4.39 Å². The fraction of sp³-hybridized carbons (Fsp3) is 0.250. The number of hydrogen-bond acceptors (Lipinski definition) is 3. The maximum absolute atomic E-state index is 13.5. The molecule has 84 valence electrons. The Morgan fingerprint density at radius 3 is 2.75 bits per heavy atom. The van der Waals surface area contributed by atoms with Gasteiger partial charge in [0.2, 0.25) is 0 Å². The van der Waals surface area contributed by atoms with Crippen molar-refractivity contribution in [1.29, 1.82) is 0 Å². The topological polar surface area (TPSA) is 33.1 Å². The van der Waals surface area contributed by atoms with Gasteiger partial charge in [-0.05, 0) is 19.9 Å². The average Bonchev–Trinajstić information content (AvgIpc) is 2.67. The second-order valence-corrected chi connectivity index (χ2v) is 4.64. The van der Waals surface area contributed by atoms with E-state index in [1.54, 1.807) is 12.1 Å². The summed E-state index contributed by atoms with van der Waals surface area (Å²) < 4.78 is 13.5. The molecule has 0 radical (unpaired) electrons. The molecule has 0 saturated carbocycles. The zero-order chi connectivity index (χ0) is 11.7. The summed E-state index contributed by atoms with van der Waals surface area (Å²) in [4.78, 5) is 4.16. The number of aromatic nitrogens is 1. The zero-order valence-corrected chi connectivity index (χ0v) is 9.88. The van der Waals surface area contributed by atoms with Crippen LogP contribution in [0, 0.1) is 19.7 Å². The molecule has 0 spiro atoms. The van der Waals surface area contributed by atoms with Crippen molar-refractivity contribution in [2.45, 2.75) is 20.0 Å². The first kappa shape index (κ1) is 11.2. The van der Waals surface area contributed by atoms with Gasteiger partial charge in [-0.2, -0.15) is 0 Å². The number of aryl methyl sites for hydroxylation is 2. The second-order valence-electron chi connectivity index (χ2n) is 3.75. The monoisotopic (exact) mass is 237 g/mol. The first-order valence-corrected chi connectivity index (χ1v) is 5.82. The summed E-state index contributed by atoms with van der Waals surface area (Å²) in [6, 6.07) is 4.70. The summed E-state index contributed by atoms with van der Waals surface area (Å²) in [6.45, 7) is 3.71. The Bertz CT molecular complexity index is 509. The minimum atomic E-state index is -0.974. The van der Waals surface area contributed by atoms with Gasteiger partial charge in [0.1, 0.15) is 16.9 Å². The fourth-order valence-electron chi connectivity index (χ4n) is 1.50. The van der Waals surface area contributed by atoms with E-state index in [0.717, 1.165) is 11.3 Å². The van der Waals surface area contributed by atoms with Crippen LogP contribution in [-0.4, -0.2) is 10.1 Å². The molecule has 0 bridgehead atoms. The van der Waals surface area contributed by atoms with Gasteiger partial charge >= 0.3 is 0 Å². The Morgan fingerprint density at radius 2 is 2.12 bits per heavy atom. The third-order valence-corrected chi connectivity index (χ3v) is 3.33. The van der Waals surface area contributed by atoms with E-state index >= 15 is 0 Å². The van der Waals surface area contributed by atoms with Gasteiger partial charge < -0.3 is 5.11 Å². The van der Waals surface area contributed by atoms with Gasteiger partial charge in [0.15, 0.2) is 0 Å². The Kier molecular flexibility index (Phi) is 3.03. The predicted molar refractivity (Wildman–Crippen MR) is 62.0 cm³/mol. The van der Waals surface area contributed by atoms with Crippen LogP contribution in [0.5, 0.6) is 0 Å². The summed E-state index contributed by atoms with van der Waals surface area (Å²) in [6.07, 6.45) is -0.974. The second kappa shape index (κ2) is 4.31. The molecule has 2 rings (SSSR count). The van der Waals surface area contributed by atoms with Crippen LogP contribution in [0.2, 0.25) is 0 Å². The highest BCUT2D eigenvalue weighted by molar-refractivity contribution is 7.09. The smallest absolute Gasteiger partial charge is 0.133 e. The quantitative estimate of drug-likeness (QED) is 0.871. The Labute approximate surface area is 97.4 Å². The average molecular weight is 237 g/mol. The lowest BCUT2D eigenvalue weighted by atomic mass is 10.1. The maximum Gasteiger partial charge on any atom is 0.133 e. The van der Waals surface area contributed by atoms with Crippen LogP contribution in [0.25, 0.3) is 0 Å². The Morgan fingerprint density at radius 1 is 1.38 bits per heavy atom. The van der Waals surface area contributed by atoms with Gasteiger partial charge in [0.25, 0.3) is 0 Å². The van der Waals surface area contributed by atoms with Crippen molar-refractivity contribution in [1.82, 2.24) is 4.98 Å². The highest BCUT2D eigenvalue weighted by atomic mass is 32.1. The molecule has 16 heavy (non-hydrogen) atoms. The van der Waals surface area contributed by atoms with E-state index in [1.165, 1.54) is 17.4 Å². The first-order valence-electron chi connectivity index (χ1n) is 4.94. The minimum Gasteiger partial charge on any atom is -0.381 e. The number of aliphatic hydroxyl groups excluding tert-OH is 1. The Hall–Kier alpha value is -1.26. The Balaban J connectivity index is 2.40. The minimum absolute atomic E-state index is 0.286. The van der Waals surface area contributed by atoms with Crippen LogP contribution < -0.4 is 0 Å². The van der Waals surface area contributed by atoms with E-state index in [9.17, 15) is 9.50 Å². The third kappa shape index (κ3) is 2.13. The normalized spacial score (nSPS) is 12.8. The molecule has 0 fully saturated rings. The number of hydrogen-bond donors (Lipinski definition) is 1. The molecule has 1 N–H and O–H groups in total. The van der Waals surface area contributed by atoms with Crippen molar-refractivity contribution in [3.63, 3.8) is 0 Å². The summed E-state index contributed by atoms with van der Waals surface area (Å²) >= 11 is 1.34. The van der Waals surface area contributed by atoms with Crippen molar-refractivity contribution in [2.24, 2.45) is 0 Å². The summed E-state index contributed by atoms with van der Waals surface area (Å²) in [5, 5.41) is 12.4. The molecule has 1 aromatic heterocycles. The van der Waals surface area contributed by atoms with Gasteiger partial charge in [-0.25, -0.2) is 9.37 Å². The van der Waals surface area contributed by atoms with Gasteiger partial charge in [-0.3, -0.25) is 0 Å². The molecule has 1 heterocycles. The van der Waals surface area contributed by atoms with Crippen molar-refractivity contribution < 1.29 is 9.50 Å². The molecule has 2 aromatic rings. The number of thiazole rings is 1. The molecule has 1 atom stereocenters. The van der Waals surface area contributed by atoms with Crippen molar-refractivity contribution in [3.8, 4) is 0 Å². The van der Waals surface area contributed by atoms with Crippen LogP contribution in [-0.2, 0) is 0 Å². The number of rotatable bonds is 2. The van der Waals surface area contributed by atoms with Crippen molar-refractivity contribution in [3.05, 3.63) is 51.2 Å². The van der Waals surface area contributed by atoms with E-state index in [1.807, 2.05) is 19.2 Å².